The normalized spacial score (nSPS) is 11.6. The SMILES string of the molecule is N/C(=N/O)c1ccc(Sc2ccc(F)cc2)c(Br)c1. The number of benzene rings is 2. The third kappa shape index (κ3) is 3.48. The van der Waals surface area contributed by atoms with Crippen LogP contribution in [-0.2, 0) is 0 Å². The summed E-state index contributed by atoms with van der Waals surface area (Å²) >= 11 is 4.92. The van der Waals surface area contributed by atoms with Gasteiger partial charge >= 0.3 is 0 Å². The first-order valence-electron chi connectivity index (χ1n) is 5.31. The number of nitrogens with zero attached hydrogens (tertiary/aromatic N) is 1. The van der Waals surface area contributed by atoms with Crippen molar-refractivity contribution in [2.75, 3.05) is 0 Å². The van der Waals surface area contributed by atoms with Gasteiger partial charge in [0.25, 0.3) is 0 Å². The first-order chi connectivity index (χ1) is 9.10. The molecule has 0 aliphatic carbocycles. The number of hydrogen-bond donors (Lipinski definition) is 2. The highest BCUT2D eigenvalue weighted by Crippen LogP contribution is 2.34. The van der Waals surface area contributed by atoms with Crippen molar-refractivity contribution in [1.29, 1.82) is 0 Å². The lowest BCUT2D eigenvalue weighted by atomic mass is 10.2. The molecule has 0 aromatic heterocycles. The third-order valence-corrected chi connectivity index (χ3v) is 4.38. The quantitative estimate of drug-likeness (QED) is 0.386. The zero-order valence-electron chi connectivity index (χ0n) is 9.68. The van der Waals surface area contributed by atoms with E-state index in [0.717, 1.165) is 14.3 Å². The van der Waals surface area contributed by atoms with E-state index in [4.69, 9.17) is 10.9 Å². The Hall–Kier alpha value is -1.53. The van der Waals surface area contributed by atoms with E-state index >= 15 is 0 Å². The van der Waals surface area contributed by atoms with Crippen molar-refractivity contribution in [2.45, 2.75) is 9.79 Å². The summed E-state index contributed by atoms with van der Waals surface area (Å²) < 4.78 is 13.6. The van der Waals surface area contributed by atoms with Crippen LogP contribution in [-0.4, -0.2) is 11.0 Å². The van der Waals surface area contributed by atoms with Gasteiger partial charge in [-0.3, -0.25) is 0 Å². The van der Waals surface area contributed by atoms with E-state index in [9.17, 15) is 4.39 Å². The smallest absolute Gasteiger partial charge is 0.170 e. The van der Waals surface area contributed by atoms with Gasteiger partial charge in [0.2, 0.25) is 0 Å². The van der Waals surface area contributed by atoms with Crippen molar-refractivity contribution in [3.63, 3.8) is 0 Å². The van der Waals surface area contributed by atoms with Crippen molar-refractivity contribution in [3.8, 4) is 0 Å². The van der Waals surface area contributed by atoms with Crippen molar-refractivity contribution in [3.05, 3.63) is 58.3 Å². The van der Waals surface area contributed by atoms with Crippen LogP contribution in [0, 0.1) is 5.82 Å². The zero-order valence-corrected chi connectivity index (χ0v) is 12.1. The Morgan fingerprint density at radius 1 is 1.21 bits per heavy atom. The second kappa shape index (κ2) is 6.08. The Morgan fingerprint density at radius 3 is 2.47 bits per heavy atom. The second-order valence-electron chi connectivity index (χ2n) is 3.69. The molecule has 19 heavy (non-hydrogen) atoms. The van der Waals surface area contributed by atoms with Crippen molar-refractivity contribution >= 4 is 33.5 Å². The lowest BCUT2D eigenvalue weighted by molar-refractivity contribution is 0.318. The highest BCUT2D eigenvalue weighted by atomic mass is 79.9. The maximum atomic E-state index is 12.8. The van der Waals surface area contributed by atoms with Crippen LogP contribution in [0.1, 0.15) is 5.56 Å². The second-order valence-corrected chi connectivity index (χ2v) is 5.66. The van der Waals surface area contributed by atoms with Gasteiger partial charge in [0.05, 0.1) is 0 Å². The van der Waals surface area contributed by atoms with Crippen molar-refractivity contribution in [2.24, 2.45) is 10.9 Å². The number of halogens is 2. The number of hydrogen-bond acceptors (Lipinski definition) is 3. The molecule has 0 heterocycles. The van der Waals surface area contributed by atoms with Gasteiger partial charge in [0, 0.05) is 19.8 Å². The molecule has 2 rings (SSSR count). The van der Waals surface area contributed by atoms with Crippen LogP contribution in [0.25, 0.3) is 0 Å². The Balaban J connectivity index is 2.24. The summed E-state index contributed by atoms with van der Waals surface area (Å²) in [5.74, 6) is -0.204. The average molecular weight is 341 g/mol. The largest absolute Gasteiger partial charge is 0.409 e. The Kier molecular flexibility index (Phi) is 4.44. The third-order valence-electron chi connectivity index (χ3n) is 2.38. The minimum atomic E-state index is -0.259. The van der Waals surface area contributed by atoms with E-state index in [1.807, 2.05) is 6.07 Å². The summed E-state index contributed by atoms with van der Waals surface area (Å²) in [5, 5.41) is 11.6. The molecule has 3 nitrogen and oxygen atoms in total. The molecule has 0 aliphatic rings. The van der Waals surface area contributed by atoms with Gasteiger partial charge in [-0.15, -0.1) is 0 Å². The Morgan fingerprint density at radius 2 is 1.89 bits per heavy atom. The summed E-state index contributed by atoms with van der Waals surface area (Å²) in [4.78, 5) is 1.89. The molecule has 0 amide bonds. The fourth-order valence-electron chi connectivity index (χ4n) is 1.43. The molecule has 0 fully saturated rings. The molecule has 0 aliphatic heterocycles. The molecule has 0 saturated carbocycles. The molecule has 98 valence electrons. The van der Waals surface area contributed by atoms with Crippen LogP contribution >= 0.6 is 27.7 Å². The van der Waals surface area contributed by atoms with E-state index in [2.05, 4.69) is 21.1 Å². The van der Waals surface area contributed by atoms with Gasteiger partial charge in [-0.05, 0) is 58.4 Å². The Labute approximate surface area is 122 Å². The molecule has 0 radical (unpaired) electrons. The van der Waals surface area contributed by atoms with Crippen LogP contribution in [0.15, 0.2) is 61.9 Å². The zero-order chi connectivity index (χ0) is 13.8. The van der Waals surface area contributed by atoms with Gasteiger partial charge in [0.1, 0.15) is 5.82 Å². The van der Waals surface area contributed by atoms with E-state index < -0.39 is 0 Å². The number of nitrogens with two attached hydrogens (primary N) is 1. The van der Waals surface area contributed by atoms with Gasteiger partial charge in [-0.1, -0.05) is 16.9 Å². The van der Waals surface area contributed by atoms with E-state index in [-0.39, 0.29) is 11.7 Å². The molecule has 2 aromatic carbocycles. The summed E-state index contributed by atoms with van der Waals surface area (Å²) in [5.41, 5.74) is 6.14. The van der Waals surface area contributed by atoms with E-state index in [0.29, 0.717) is 5.56 Å². The lowest BCUT2D eigenvalue weighted by Crippen LogP contribution is -2.12. The minimum Gasteiger partial charge on any atom is -0.409 e. The highest BCUT2D eigenvalue weighted by molar-refractivity contribution is 9.10. The topological polar surface area (TPSA) is 58.6 Å². The van der Waals surface area contributed by atoms with Gasteiger partial charge in [-0.2, -0.15) is 0 Å². The minimum absolute atomic E-state index is 0.0547. The summed E-state index contributed by atoms with van der Waals surface area (Å²) in [7, 11) is 0. The molecule has 0 spiro atoms. The molecule has 3 N–H and O–H groups in total. The van der Waals surface area contributed by atoms with E-state index in [1.165, 1.54) is 23.9 Å². The molecular formula is C13H10BrFN2OS. The van der Waals surface area contributed by atoms with Gasteiger partial charge < -0.3 is 10.9 Å². The predicted octanol–water partition coefficient (Wildman–Crippen LogP) is 3.83. The summed E-state index contributed by atoms with van der Waals surface area (Å²) in [6.07, 6.45) is 0. The number of oxime groups is 1. The molecule has 6 heteroatoms. The van der Waals surface area contributed by atoms with E-state index in [1.54, 1.807) is 24.3 Å². The average Bonchev–Trinajstić information content (AvgIpc) is 2.42. The first kappa shape index (κ1) is 13.9. The van der Waals surface area contributed by atoms with Gasteiger partial charge in [-0.25, -0.2) is 4.39 Å². The monoisotopic (exact) mass is 340 g/mol. The standard InChI is InChI=1S/C13H10BrFN2OS/c14-11-7-8(13(16)17-18)1-6-12(11)19-10-4-2-9(15)3-5-10/h1-7,18H,(H2,16,17). The number of amidine groups is 1. The Bertz CT molecular complexity index is 617. The van der Waals surface area contributed by atoms with Crippen LogP contribution < -0.4 is 5.73 Å². The molecule has 0 unspecified atom stereocenters. The van der Waals surface area contributed by atoms with Crippen LogP contribution in [0.5, 0.6) is 0 Å². The summed E-state index contributed by atoms with van der Waals surface area (Å²) in [6.45, 7) is 0. The summed E-state index contributed by atoms with van der Waals surface area (Å²) in [6, 6.07) is 11.6. The molecule has 0 bridgehead atoms. The van der Waals surface area contributed by atoms with Gasteiger partial charge in [0.15, 0.2) is 5.84 Å². The molecule has 0 saturated heterocycles. The van der Waals surface area contributed by atoms with Crippen molar-refractivity contribution < 1.29 is 9.60 Å². The van der Waals surface area contributed by atoms with Crippen LogP contribution in [0.2, 0.25) is 0 Å². The predicted molar refractivity (Wildman–Crippen MR) is 77.2 cm³/mol. The maximum absolute atomic E-state index is 12.8. The fourth-order valence-corrected chi connectivity index (χ4v) is 2.87. The molecule has 0 atom stereocenters. The maximum Gasteiger partial charge on any atom is 0.170 e. The number of rotatable bonds is 3. The highest BCUT2D eigenvalue weighted by Gasteiger charge is 2.06. The molecule has 2 aromatic rings. The van der Waals surface area contributed by atoms with Crippen molar-refractivity contribution in [1.82, 2.24) is 0 Å². The van der Waals surface area contributed by atoms with Crippen LogP contribution in [0.3, 0.4) is 0 Å². The van der Waals surface area contributed by atoms with Crippen LogP contribution in [0.4, 0.5) is 4.39 Å². The molecular weight excluding hydrogens is 331 g/mol. The first-order valence-corrected chi connectivity index (χ1v) is 6.92. The lowest BCUT2D eigenvalue weighted by Gasteiger charge is -2.06. The fraction of sp³-hybridized carbons (Fsp3) is 0.